The molecule has 1 aromatic heterocycles. The van der Waals surface area contributed by atoms with Gasteiger partial charge >= 0.3 is 0 Å². The molecular formula is C18H26N4O4S. The van der Waals surface area contributed by atoms with Crippen molar-refractivity contribution in [1.82, 2.24) is 19.8 Å². The molecular weight excluding hydrogens is 368 g/mol. The Labute approximate surface area is 160 Å². The number of sulfonamides is 1. The van der Waals surface area contributed by atoms with Crippen molar-refractivity contribution in [3.63, 3.8) is 0 Å². The van der Waals surface area contributed by atoms with Crippen LogP contribution >= 0.6 is 0 Å². The molecule has 0 spiro atoms. The van der Waals surface area contributed by atoms with E-state index in [1.165, 1.54) is 19.2 Å². The van der Waals surface area contributed by atoms with E-state index in [0.717, 1.165) is 0 Å². The molecule has 0 radical (unpaired) electrons. The number of hydrogen-bond acceptors (Lipinski definition) is 5. The number of aromatic nitrogens is 2. The van der Waals surface area contributed by atoms with Crippen LogP contribution < -0.4 is 14.8 Å². The van der Waals surface area contributed by atoms with Gasteiger partial charge in [0, 0.05) is 25.5 Å². The first kappa shape index (κ1) is 20.9. The van der Waals surface area contributed by atoms with E-state index in [9.17, 15) is 13.2 Å². The first-order chi connectivity index (χ1) is 12.8. The fourth-order valence-corrected chi connectivity index (χ4v) is 3.82. The van der Waals surface area contributed by atoms with E-state index >= 15 is 0 Å². The topological polar surface area (TPSA) is 102 Å². The van der Waals surface area contributed by atoms with Gasteiger partial charge in [-0.2, -0.15) is 9.82 Å². The van der Waals surface area contributed by atoms with Gasteiger partial charge in [-0.1, -0.05) is 13.8 Å². The van der Waals surface area contributed by atoms with E-state index < -0.39 is 16.1 Å². The number of nitrogens with one attached hydrogen (secondary N) is 2. The van der Waals surface area contributed by atoms with Gasteiger partial charge in [0.25, 0.3) is 0 Å². The highest BCUT2D eigenvalue weighted by Crippen LogP contribution is 2.16. The summed E-state index contributed by atoms with van der Waals surface area (Å²) in [6.07, 6.45) is 4.24. The molecule has 0 aliphatic heterocycles. The Balaban J connectivity index is 1.95. The maximum Gasteiger partial charge on any atom is 0.241 e. The number of hydrogen-bond donors (Lipinski definition) is 2. The molecule has 0 unspecified atom stereocenters. The van der Waals surface area contributed by atoms with Crippen LogP contribution in [0.5, 0.6) is 5.75 Å². The van der Waals surface area contributed by atoms with Crippen LogP contribution in [0.15, 0.2) is 47.6 Å². The predicted octanol–water partition coefficient (Wildman–Crippen LogP) is 1.40. The smallest absolute Gasteiger partial charge is 0.241 e. The maximum atomic E-state index is 12.6. The number of aryl methyl sites for hydroxylation is 1. The van der Waals surface area contributed by atoms with Crippen molar-refractivity contribution >= 4 is 15.9 Å². The van der Waals surface area contributed by atoms with Gasteiger partial charge in [-0.25, -0.2) is 8.42 Å². The molecule has 27 heavy (non-hydrogen) atoms. The van der Waals surface area contributed by atoms with Crippen LogP contribution in [0.4, 0.5) is 0 Å². The summed E-state index contributed by atoms with van der Waals surface area (Å²) in [5.41, 5.74) is 0. The van der Waals surface area contributed by atoms with Crippen molar-refractivity contribution in [1.29, 1.82) is 0 Å². The molecule has 1 heterocycles. The average Bonchev–Trinajstić information content (AvgIpc) is 3.16. The average molecular weight is 394 g/mol. The predicted molar refractivity (Wildman–Crippen MR) is 102 cm³/mol. The van der Waals surface area contributed by atoms with E-state index in [2.05, 4.69) is 15.1 Å². The zero-order valence-corrected chi connectivity index (χ0v) is 16.6. The van der Waals surface area contributed by atoms with E-state index in [1.54, 1.807) is 36.9 Å². The number of carbonyl (C=O) groups is 1. The lowest BCUT2D eigenvalue weighted by Crippen LogP contribution is -2.49. The minimum Gasteiger partial charge on any atom is -0.497 e. The molecule has 2 N–H and O–H groups in total. The second-order valence-corrected chi connectivity index (χ2v) is 8.15. The second kappa shape index (κ2) is 9.52. The molecule has 1 amide bonds. The van der Waals surface area contributed by atoms with Crippen LogP contribution in [-0.4, -0.2) is 43.8 Å². The third-order valence-corrected chi connectivity index (χ3v) is 5.48. The van der Waals surface area contributed by atoms with Crippen molar-refractivity contribution in [3.8, 4) is 5.75 Å². The van der Waals surface area contributed by atoms with E-state index in [4.69, 9.17) is 4.74 Å². The number of amides is 1. The van der Waals surface area contributed by atoms with Crippen molar-refractivity contribution in [2.75, 3.05) is 13.7 Å². The highest BCUT2D eigenvalue weighted by Gasteiger charge is 2.28. The van der Waals surface area contributed by atoms with Gasteiger partial charge in [0.05, 0.1) is 12.0 Å². The second-order valence-electron chi connectivity index (χ2n) is 6.43. The number of nitrogens with zero attached hydrogens (tertiary/aromatic N) is 2. The number of ether oxygens (including phenoxy) is 1. The molecule has 0 saturated heterocycles. The summed E-state index contributed by atoms with van der Waals surface area (Å²) in [6.45, 7) is 4.71. The summed E-state index contributed by atoms with van der Waals surface area (Å²) < 4.78 is 34.5. The van der Waals surface area contributed by atoms with Crippen molar-refractivity contribution < 1.29 is 17.9 Å². The van der Waals surface area contributed by atoms with Gasteiger partial charge in [0.15, 0.2) is 0 Å². The first-order valence-corrected chi connectivity index (χ1v) is 10.2. The van der Waals surface area contributed by atoms with Crippen LogP contribution in [0.3, 0.4) is 0 Å². The SMILES string of the molecule is COc1ccc(S(=O)(=O)N[C@H](C(=O)NCCCn2cccn2)C(C)C)cc1. The molecule has 148 valence electrons. The molecule has 2 aromatic rings. The Kier molecular flexibility index (Phi) is 7.37. The molecule has 8 nitrogen and oxygen atoms in total. The minimum atomic E-state index is -3.82. The summed E-state index contributed by atoms with van der Waals surface area (Å²) in [5.74, 6) is 0.0102. The quantitative estimate of drug-likeness (QED) is 0.593. The van der Waals surface area contributed by atoms with Crippen LogP contribution in [0.1, 0.15) is 20.3 Å². The van der Waals surface area contributed by atoms with Crippen molar-refractivity contribution in [2.45, 2.75) is 37.8 Å². The number of methoxy groups -OCH3 is 1. The minimum absolute atomic E-state index is 0.0837. The molecule has 9 heteroatoms. The summed E-state index contributed by atoms with van der Waals surface area (Å²) in [6, 6.07) is 6.99. The third kappa shape index (κ3) is 6.07. The Hall–Kier alpha value is -2.39. The van der Waals surface area contributed by atoms with E-state index in [1.807, 2.05) is 12.3 Å². The highest BCUT2D eigenvalue weighted by molar-refractivity contribution is 7.89. The number of rotatable bonds is 10. The third-order valence-electron chi connectivity index (χ3n) is 4.02. The van der Waals surface area contributed by atoms with Crippen LogP contribution in [0.25, 0.3) is 0 Å². The van der Waals surface area contributed by atoms with E-state index in [0.29, 0.717) is 25.3 Å². The summed E-state index contributed by atoms with van der Waals surface area (Å²) in [4.78, 5) is 12.6. The van der Waals surface area contributed by atoms with E-state index in [-0.39, 0.29) is 16.7 Å². The summed E-state index contributed by atoms with van der Waals surface area (Å²) >= 11 is 0. The lowest BCUT2D eigenvalue weighted by Gasteiger charge is -2.21. The normalized spacial score (nSPS) is 12.7. The molecule has 0 aliphatic rings. The van der Waals surface area contributed by atoms with Gasteiger partial charge in [-0.3, -0.25) is 9.48 Å². The number of carbonyl (C=O) groups excluding carboxylic acids is 1. The standard InChI is InChI=1S/C18H26N4O4S/c1-14(2)17(18(23)19-10-4-12-22-13-5-11-20-22)21-27(24,25)16-8-6-15(26-3)7-9-16/h5-9,11,13-14,17,21H,4,10,12H2,1-3H3,(H,19,23)/t17-/m0/s1. The zero-order valence-electron chi connectivity index (χ0n) is 15.8. The van der Waals surface area contributed by atoms with Gasteiger partial charge in [0.1, 0.15) is 11.8 Å². The highest BCUT2D eigenvalue weighted by atomic mass is 32.2. The largest absolute Gasteiger partial charge is 0.497 e. The Bertz CT molecular complexity index is 818. The fraction of sp³-hybridized carbons (Fsp3) is 0.444. The van der Waals surface area contributed by atoms with Gasteiger partial charge in [-0.15, -0.1) is 0 Å². The van der Waals surface area contributed by atoms with Crippen LogP contribution in [0.2, 0.25) is 0 Å². The van der Waals surface area contributed by atoms with Gasteiger partial charge in [0.2, 0.25) is 15.9 Å². The number of benzene rings is 1. The lowest BCUT2D eigenvalue weighted by molar-refractivity contribution is -0.123. The van der Waals surface area contributed by atoms with Crippen molar-refractivity contribution in [2.24, 2.45) is 5.92 Å². The molecule has 0 aliphatic carbocycles. The van der Waals surface area contributed by atoms with Crippen LogP contribution in [0, 0.1) is 5.92 Å². The van der Waals surface area contributed by atoms with Crippen LogP contribution in [-0.2, 0) is 21.4 Å². The van der Waals surface area contributed by atoms with Crippen molar-refractivity contribution in [3.05, 3.63) is 42.7 Å². The molecule has 0 bridgehead atoms. The summed E-state index contributed by atoms with van der Waals surface area (Å²) in [7, 11) is -2.31. The lowest BCUT2D eigenvalue weighted by atomic mass is 10.1. The maximum absolute atomic E-state index is 12.6. The fourth-order valence-electron chi connectivity index (χ4n) is 2.48. The zero-order chi connectivity index (χ0) is 19.9. The molecule has 0 fully saturated rings. The monoisotopic (exact) mass is 394 g/mol. The molecule has 1 aromatic carbocycles. The Morgan fingerprint density at radius 2 is 1.96 bits per heavy atom. The Morgan fingerprint density at radius 1 is 1.26 bits per heavy atom. The summed E-state index contributed by atoms with van der Waals surface area (Å²) in [5, 5.41) is 6.89. The Morgan fingerprint density at radius 3 is 2.52 bits per heavy atom. The molecule has 2 rings (SSSR count). The molecule has 0 saturated carbocycles. The van der Waals surface area contributed by atoms with Gasteiger partial charge < -0.3 is 10.1 Å². The molecule has 1 atom stereocenters. The first-order valence-electron chi connectivity index (χ1n) is 8.75. The van der Waals surface area contributed by atoms with Gasteiger partial charge in [-0.05, 0) is 42.7 Å².